The largest absolute Gasteiger partial charge is 0.290 e. The third-order valence-electron chi connectivity index (χ3n) is 2.10. The van der Waals surface area contributed by atoms with Gasteiger partial charge in [0.15, 0.2) is 0 Å². The van der Waals surface area contributed by atoms with Crippen LogP contribution in [0.25, 0.3) is 0 Å². The monoisotopic (exact) mass is 239 g/mol. The van der Waals surface area contributed by atoms with E-state index in [4.69, 9.17) is 5.26 Å². The number of aromatic amines is 1. The Morgan fingerprint density at radius 1 is 1.39 bits per heavy atom. The fourth-order valence-corrected chi connectivity index (χ4v) is 1.24. The number of nitriles is 1. The van der Waals surface area contributed by atoms with Crippen molar-refractivity contribution in [1.29, 1.82) is 5.26 Å². The van der Waals surface area contributed by atoms with Crippen molar-refractivity contribution < 1.29 is 0 Å². The maximum absolute atomic E-state index is 11.3. The number of hydrogen-bond donors (Lipinski definition) is 2. The van der Waals surface area contributed by atoms with Crippen LogP contribution in [0.2, 0.25) is 0 Å². The van der Waals surface area contributed by atoms with Gasteiger partial charge in [-0.3, -0.25) is 9.78 Å². The molecule has 0 amide bonds. The van der Waals surface area contributed by atoms with Gasteiger partial charge in [0.25, 0.3) is 5.56 Å². The van der Waals surface area contributed by atoms with Gasteiger partial charge in [-0.25, -0.2) is 10.4 Å². The van der Waals surface area contributed by atoms with E-state index in [0.29, 0.717) is 0 Å². The summed E-state index contributed by atoms with van der Waals surface area (Å²) in [6.07, 6.45) is 2.79. The van der Waals surface area contributed by atoms with E-state index in [0.717, 1.165) is 5.56 Å². The molecule has 0 unspecified atom stereocenters. The lowest BCUT2D eigenvalue weighted by molar-refractivity contribution is 1.07. The first-order valence-electron chi connectivity index (χ1n) is 5.13. The Morgan fingerprint density at radius 3 is 2.83 bits per heavy atom. The molecule has 2 rings (SSSR count). The molecule has 2 N–H and O–H groups in total. The number of H-pyrrole nitrogens is 1. The first-order chi connectivity index (χ1) is 8.79. The van der Waals surface area contributed by atoms with Crippen LogP contribution in [0, 0.1) is 11.3 Å². The molecule has 0 bridgehead atoms. The van der Waals surface area contributed by atoms with Crippen molar-refractivity contribution in [3.63, 3.8) is 0 Å². The fraction of sp³-hybridized carbons (Fsp3) is 0. The van der Waals surface area contributed by atoms with Gasteiger partial charge in [-0.2, -0.15) is 10.4 Å². The highest BCUT2D eigenvalue weighted by Gasteiger charge is 1.99. The maximum atomic E-state index is 11.3. The van der Waals surface area contributed by atoms with E-state index in [-0.39, 0.29) is 11.5 Å². The second kappa shape index (κ2) is 5.41. The third kappa shape index (κ3) is 2.80. The fourth-order valence-electron chi connectivity index (χ4n) is 1.24. The average Bonchev–Trinajstić information content (AvgIpc) is 2.40. The normalized spacial score (nSPS) is 10.2. The van der Waals surface area contributed by atoms with Gasteiger partial charge >= 0.3 is 0 Å². The topological polar surface area (TPSA) is 93.9 Å². The molecule has 0 spiro atoms. The zero-order chi connectivity index (χ0) is 12.8. The van der Waals surface area contributed by atoms with E-state index in [1.807, 2.05) is 30.3 Å². The van der Waals surface area contributed by atoms with Gasteiger partial charge < -0.3 is 0 Å². The second-order valence-corrected chi connectivity index (χ2v) is 3.37. The highest BCUT2D eigenvalue weighted by molar-refractivity contribution is 5.79. The molecule has 2 aromatic rings. The van der Waals surface area contributed by atoms with Crippen molar-refractivity contribution in [3.05, 3.63) is 58.0 Å². The van der Waals surface area contributed by atoms with Crippen molar-refractivity contribution in [3.8, 4) is 6.07 Å². The average molecular weight is 239 g/mol. The van der Waals surface area contributed by atoms with Crippen molar-refractivity contribution >= 4 is 12.2 Å². The lowest BCUT2D eigenvalue weighted by atomic mass is 10.2. The Morgan fingerprint density at radius 2 is 2.17 bits per heavy atom. The van der Waals surface area contributed by atoms with Crippen LogP contribution in [0.5, 0.6) is 0 Å². The molecule has 88 valence electrons. The number of benzene rings is 1. The molecule has 18 heavy (non-hydrogen) atoms. The molecular formula is C12H9N5O. The maximum Gasteiger partial charge on any atom is 0.270 e. The molecule has 6 nitrogen and oxygen atoms in total. The van der Waals surface area contributed by atoms with E-state index in [2.05, 4.69) is 20.5 Å². The number of rotatable bonds is 3. The number of nitrogens with one attached hydrogen (secondary N) is 2. The van der Waals surface area contributed by atoms with Gasteiger partial charge in [0, 0.05) is 0 Å². The summed E-state index contributed by atoms with van der Waals surface area (Å²) in [5.41, 5.74) is 2.97. The first-order valence-corrected chi connectivity index (χ1v) is 5.13. The molecule has 0 aliphatic heterocycles. The minimum Gasteiger partial charge on any atom is -0.290 e. The van der Waals surface area contributed by atoms with Crippen LogP contribution in [0.3, 0.4) is 0 Å². The Labute approximate surface area is 103 Å². The summed E-state index contributed by atoms with van der Waals surface area (Å²) in [6, 6.07) is 11.2. The molecule has 1 aromatic carbocycles. The summed E-state index contributed by atoms with van der Waals surface area (Å²) in [5, 5.41) is 12.5. The van der Waals surface area contributed by atoms with Crippen molar-refractivity contribution in [2.75, 3.05) is 5.43 Å². The Bertz CT molecular complexity index is 654. The van der Waals surface area contributed by atoms with E-state index >= 15 is 0 Å². The predicted molar refractivity (Wildman–Crippen MR) is 67.2 cm³/mol. The van der Waals surface area contributed by atoms with Crippen LogP contribution in [-0.4, -0.2) is 16.2 Å². The van der Waals surface area contributed by atoms with E-state index in [1.54, 1.807) is 12.3 Å². The molecule has 0 fully saturated rings. The smallest absolute Gasteiger partial charge is 0.270 e. The first kappa shape index (κ1) is 11.5. The lowest BCUT2D eigenvalue weighted by Gasteiger charge is -1.98. The Hall–Kier alpha value is -2.94. The van der Waals surface area contributed by atoms with Gasteiger partial charge in [0.2, 0.25) is 5.95 Å². The SMILES string of the molecule is N#Cc1cnc(N/N=C/c2ccccc2)[nH]c1=O. The molecule has 0 aliphatic carbocycles. The highest BCUT2D eigenvalue weighted by atomic mass is 16.1. The zero-order valence-corrected chi connectivity index (χ0v) is 9.29. The van der Waals surface area contributed by atoms with Crippen LogP contribution in [0.15, 0.2) is 46.4 Å². The highest BCUT2D eigenvalue weighted by Crippen LogP contribution is 1.96. The summed E-state index contributed by atoms with van der Waals surface area (Å²) < 4.78 is 0. The molecule has 0 atom stereocenters. The number of nitrogens with zero attached hydrogens (tertiary/aromatic N) is 3. The summed E-state index contributed by atoms with van der Waals surface area (Å²) >= 11 is 0. The minimum atomic E-state index is -0.495. The number of hydrogen-bond acceptors (Lipinski definition) is 5. The predicted octanol–water partition coefficient (Wildman–Crippen LogP) is 1.09. The van der Waals surface area contributed by atoms with Crippen LogP contribution < -0.4 is 11.0 Å². The third-order valence-corrected chi connectivity index (χ3v) is 2.10. The summed E-state index contributed by atoms with van der Waals surface area (Å²) in [4.78, 5) is 17.5. The molecule has 1 aromatic heterocycles. The van der Waals surface area contributed by atoms with Gasteiger partial charge in [-0.05, 0) is 5.56 Å². The number of anilines is 1. The molecule has 0 saturated carbocycles. The Kier molecular flexibility index (Phi) is 3.47. The van der Waals surface area contributed by atoms with Gasteiger partial charge in [0.1, 0.15) is 11.6 Å². The van der Waals surface area contributed by atoms with Crippen LogP contribution >= 0.6 is 0 Å². The van der Waals surface area contributed by atoms with Crippen molar-refractivity contribution in [2.24, 2.45) is 5.10 Å². The van der Waals surface area contributed by atoms with Gasteiger partial charge in [0.05, 0.1) is 12.4 Å². The standard InChI is InChI=1S/C12H9N5O/c13-6-10-8-14-12(16-11(10)18)17-15-7-9-4-2-1-3-5-9/h1-5,7-8H,(H2,14,16,17,18)/b15-7+. The van der Waals surface area contributed by atoms with Crippen molar-refractivity contribution in [2.45, 2.75) is 0 Å². The van der Waals surface area contributed by atoms with Crippen LogP contribution in [0.1, 0.15) is 11.1 Å². The number of hydrazone groups is 1. The summed E-state index contributed by atoms with van der Waals surface area (Å²) in [7, 11) is 0. The zero-order valence-electron chi connectivity index (χ0n) is 9.29. The van der Waals surface area contributed by atoms with E-state index < -0.39 is 5.56 Å². The quantitative estimate of drug-likeness (QED) is 0.619. The molecule has 0 saturated heterocycles. The molecule has 1 heterocycles. The van der Waals surface area contributed by atoms with Gasteiger partial charge in [-0.15, -0.1) is 0 Å². The molecule has 0 aliphatic rings. The van der Waals surface area contributed by atoms with Crippen LogP contribution in [0.4, 0.5) is 5.95 Å². The lowest BCUT2D eigenvalue weighted by Crippen LogP contribution is -2.13. The van der Waals surface area contributed by atoms with E-state index in [1.165, 1.54) is 6.20 Å². The molecular weight excluding hydrogens is 230 g/mol. The molecule has 6 heteroatoms. The summed E-state index contributed by atoms with van der Waals surface area (Å²) in [6.45, 7) is 0. The van der Waals surface area contributed by atoms with E-state index in [9.17, 15) is 4.79 Å². The van der Waals surface area contributed by atoms with Crippen LogP contribution in [-0.2, 0) is 0 Å². The molecule has 0 radical (unpaired) electrons. The second-order valence-electron chi connectivity index (χ2n) is 3.37. The summed E-state index contributed by atoms with van der Waals surface area (Å²) in [5.74, 6) is 0.186. The number of aromatic nitrogens is 2. The van der Waals surface area contributed by atoms with Gasteiger partial charge in [-0.1, -0.05) is 30.3 Å². The minimum absolute atomic E-state index is 0.0346. The Balaban J connectivity index is 2.08. The van der Waals surface area contributed by atoms with Crippen molar-refractivity contribution in [1.82, 2.24) is 9.97 Å².